The molecule has 0 unspecified atom stereocenters. The van der Waals surface area contributed by atoms with Crippen molar-refractivity contribution < 1.29 is 9.59 Å². The molecule has 0 atom stereocenters. The van der Waals surface area contributed by atoms with E-state index in [0.29, 0.717) is 11.1 Å². The van der Waals surface area contributed by atoms with E-state index in [9.17, 15) is 9.59 Å². The van der Waals surface area contributed by atoms with Crippen molar-refractivity contribution in [1.29, 1.82) is 0 Å². The summed E-state index contributed by atoms with van der Waals surface area (Å²) in [4.78, 5) is 24.2. The Bertz CT molecular complexity index is 1100. The maximum atomic E-state index is 13.2. The fourth-order valence-corrected chi connectivity index (χ4v) is 4.38. The van der Waals surface area contributed by atoms with Gasteiger partial charge in [-0.1, -0.05) is 64.1 Å². The van der Waals surface area contributed by atoms with Gasteiger partial charge < -0.3 is 0 Å². The zero-order chi connectivity index (χ0) is 20.1. The van der Waals surface area contributed by atoms with E-state index < -0.39 is 0 Å². The molecule has 4 rings (SSSR count). The third-order valence-electron chi connectivity index (χ3n) is 6.38. The lowest BCUT2D eigenvalue weighted by Gasteiger charge is -2.42. The van der Waals surface area contributed by atoms with Crippen LogP contribution in [0.1, 0.15) is 77.9 Å². The van der Waals surface area contributed by atoms with Crippen LogP contribution in [0, 0.1) is 0 Å². The first-order chi connectivity index (χ1) is 13.2. The van der Waals surface area contributed by atoms with Gasteiger partial charge in [0.15, 0.2) is 5.78 Å². The molecule has 0 saturated carbocycles. The number of ketones is 1. The molecule has 0 N–H and O–H groups in total. The summed E-state index contributed by atoms with van der Waals surface area (Å²) in [6.45, 7) is 9.13. The average molecular weight is 370 g/mol. The molecule has 0 heterocycles. The second-order valence-electron chi connectivity index (χ2n) is 9.30. The molecule has 0 radical (unpaired) electrons. The topological polar surface area (TPSA) is 34.1 Å². The SMILES string of the molecule is CC1(C)CCC(C)(C)c2cc(C(=O)c3ccc4cc(C=O)ccc4c3)ccc21. The van der Waals surface area contributed by atoms with E-state index in [-0.39, 0.29) is 16.6 Å². The van der Waals surface area contributed by atoms with E-state index in [2.05, 4.69) is 39.8 Å². The number of hydrogen-bond donors (Lipinski definition) is 0. The third kappa shape index (κ3) is 3.07. The second-order valence-corrected chi connectivity index (χ2v) is 9.30. The lowest BCUT2D eigenvalue weighted by molar-refractivity contribution is 0.103. The molecule has 0 saturated heterocycles. The summed E-state index contributed by atoms with van der Waals surface area (Å²) in [7, 11) is 0. The van der Waals surface area contributed by atoms with Gasteiger partial charge in [0.1, 0.15) is 6.29 Å². The van der Waals surface area contributed by atoms with Crippen LogP contribution in [-0.4, -0.2) is 12.1 Å². The predicted octanol–water partition coefficient (Wildman–Crippen LogP) is 6.23. The number of carbonyl (C=O) groups is 2. The van der Waals surface area contributed by atoms with Crippen molar-refractivity contribution in [3.63, 3.8) is 0 Å². The van der Waals surface area contributed by atoms with Crippen molar-refractivity contribution in [2.75, 3.05) is 0 Å². The summed E-state index contributed by atoms with van der Waals surface area (Å²) < 4.78 is 0. The van der Waals surface area contributed by atoms with Gasteiger partial charge in [0.25, 0.3) is 0 Å². The van der Waals surface area contributed by atoms with Crippen LogP contribution in [-0.2, 0) is 10.8 Å². The largest absolute Gasteiger partial charge is 0.298 e. The van der Waals surface area contributed by atoms with Crippen molar-refractivity contribution in [1.82, 2.24) is 0 Å². The Hall–Kier alpha value is -2.74. The first kappa shape index (κ1) is 18.6. The average Bonchev–Trinajstić information content (AvgIpc) is 2.70. The Balaban J connectivity index is 1.76. The van der Waals surface area contributed by atoms with Crippen molar-refractivity contribution in [3.05, 3.63) is 82.4 Å². The summed E-state index contributed by atoms with van der Waals surface area (Å²) in [5.41, 5.74) is 4.95. The lowest BCUT2D eigenvalue weighted by atomic mass is 9.63. The van der Waals surface area contributed by atoms with Gasteiger partial charge in [0, 0.05) is 16.7 Å². The molecule has 0 aromatic heterocycles. The number of carbonyl (C=O) groups excluding carboxylic acids is 2. The molecule has 3 aromatic carbocycles. The molecular weight excluding hydrogens is 344 g/mol. The first-order valence-electron chi connectivity index (χ1n) is 9.90. The summed E-state index contributed by atoms with van der Waals surface area (Å²) >= 11 is 0. The normalized spacial score (nSPS) is 17.1. The van der Waals surface area contributed by atoms with E-state index in [1.807, 2.05) is 36.4 Å². The molecule has 28 heavy (non-hydrogen) atoms. The fraction of sp³-hybridized carbons (Fsp3) is 0.308. The second kappa shape index (κ2) is 6.41. The molecule has 0 bridgehead atoms. The van der Waals surface area contributed by atoms with Crippen LogP contribution >= 0.6 is 0 Å². The predicted molar refractivity (Wildman–Crippen MR) is 114 cm³/mol. The van der Waals surface area contributed by atoms with Crippen LogP contribution in [0.2, 0.25) is 0 Å². The minimum Gasteiger partial charge on any atom is -0.298 e. The fourth-order valence-electron chi connectivity index (χ4n) is 4.38. The highest BCUT2D eigenvalue weighted by Gasteiger charge is 2.37. The monoisotopic (exact) mass is 370 g/mol. The molecule has 0 amide bonds. The van der Waals surface area contributed by atoms with Gasteiger partial charge in [-0.05, 0) is 63.8 Å². The van der Waals surface area contributed by atoms with E-state index in [0.717, 1.165) is 35.5 Å². The van der Waals surface area contributed by atoms with Gasteiger partial charge in [-0.2, -0.15) is 0 Å². The molecule has 0 aliphatic heterocycles. The summed E-state index contributed by atoms with van der Waals surface area (Å²) in [6, 6.07) is 17.5. The molecular formula is C26H26O2. The number of benzene rings is 3. The Morgan fingerprint density at radius 1 is 0.750 bits per heavy atom. The molecule has 0 spiro atoms. The number of rotatable bonds is 3. The van der Waals surface area contributed by atoms with E-state index in [4.69, 9.17) is 0 Å². The van der Waals surface area contributed by atoms with Crippen molar-refractivity contribution in [3.8, 4) is 0 Å². The van der Waals surface area contributed by atoms with Crippen LogP contribution in [0.15, 0.2) is 54.6 Å². The molecule has 2 nitrogen and oxygen atoms in total. The maximum absolute atomic E-state index is 13.2. The molecule has 3 aromatic rings. The molecule has 1 aliphatic carbocycles. The van der Waals surface area contributed by atoms with Crippen LogP contribution < -0.4 is 0 Å². The van der Waals surface area contributed by atoms with E-state index in [1.54, 1.807) is 6.07 Å². The third-order valence-corrected chi connectivity index (χ3v) is 6.38. The van der Waals surface area contributed by atoms with Gasteiger partial charge in [-0.3, -0.25) is 9.59 Å². The standard InChI is InChI=1S/C26H26O2/c1-25(2)11-12-26(3,4)23-15-21(9-10-22(23)25)24(28)20-8-7-18-13-17(16-27)5-6-19(18)14-20/h5-10,13-16H,11-12H2,1-4H3. The molecule has 1 aliphatic rings. The van der Waals surface area contributed by atoms with Gasteiger partial charge in [0.05, 0.1) is 0 Å². The molecule has 2 heteroatoms. The number of hydrogen-bond acceptors (Lipinski definition) is 2. The maximum Gasteiger partial charge on any atom is 0.193 e. The Labute approximate surface area is 166 Å². The minimum atomic E-state index is 0.0448. The number of aldehydes is 1. The van der Waals surface area contributed by atoms with Crippen LogP contribution in [0.5, 0.6) is 0 Å². The smallest absolute Gasteiger partial charge is 0.193 e. The lowest BCUT2D eigenvalue weighted by Crippen LogP contribution is -2.34. The van der Waals surface area contributed by atoms with E-state index >= 15 is 0 Å². The van der Waals surface area contributed by atoms with Crippen LogP contribution in [0.4, 0.5) is 0 Å². The Morgan fingerprint density at radius 2 is 1.32 bits per heavy atom. The highest BCUT2D eigenvalue weighted by molar-refractivity contribution is 6.11. The van der Waals surface area contributed by atoms with Gasteiger partial charge in [0.2, 0.25) is 0 Å². The van der Waals surface area contributed by atoms with Gasteiger partial charge in [-0.15, -0.1) is 0 Å². The molecule has 142 valence electrons. The van der Waals surface area contributed by atoms with Gasteiger partial charge in [-0.25, -0.2) is 0 Å². The summed E-state index contributed by atoms with van der Waals surface area (Å²) in [5, 5.41) is 1.94. The minimum absolute atomic E-state index is 0.0448. The number of fused-ring (bicyclic) bond motifs is 2. The molecule has 0 fully saturated rings. The van der Waals surface area contributed by atoms with Gasteiger partial charge >= 0.3 is 0 Å². The van der Waals surface area contributed by atoms with Crippen molar-refractivity contribution in [2.45, 2.75) is 51.4 Å². The van der Waals surface area contributed by atoms with Crippen LogP contribution in [0.25, 0.3) is 10.8 Å². The Morgan fingerprint density at radius 3 is 2.04 bits per heavy atom. The van der Waals surface area contributed by atoms with E-state index in [1.165, 1.54) is 11.1 Å². The highest BCUT2D eigenvalue weighted by atomic mass is 16.1. The van der Waals surface area contributed by atoms with Crippen molar-refractivity contribution >= 4 is 22.8 Å². The summed E-state index contributed by atoms with van der Waals surface area (Å²) in [5.74, 6) is 0.0448. The highest BCUT2D eigenvalue weighted by Crippen LogP contribution is 2.46. The zero-order valence-corrected chi connectivity index (χ0v) is 17.0. The Kier molecular flexibility index (Phi) is 4.26. The zero-order valence-electron chi connectivity index (χ0n) is 17.0. The van der Waals surface area contributed by atoms with Crippen molar-refractivity contribution in [2.24, 2.45) is 0 Å². The summed E-state index contributed by atoms with van der Waals surface area (Å²) in [6.07, 6.45) is 3.13. The quantitative estimate of drug-likeness (QED) is 0.404. The first-order valence-corrected chi connectivity index (χ1v) is 9.90. The van der Waals surface area contributed by atoms with Crippen LogP contribution in [0.3, 0.4) is 0 Å².